The second-order valence-corrected chi connectivity index (χ2v) is 5.72. The molecule has 8 nitrogen and oxygen atoms in total. The van der Waals surface area contributed by atoms with Gasteiger partial charge in [0, 0.05) is 24.1 Å². The highest BCUT2D eigenvalue weighted by molar-refractivity contribution is 5.88. The van der Waals surface area contributed by atoms with E-state index in [1.165, 1.54) is 6.20 Å². The van der Waals surface area contributed by atoms with Crippen LogP contribution < -0.4 is 15.7 Å². The van der Waals surface area contributed by atoms with Gasteiger partial charge in [0.05, 0.1) is 12.5 Å². The Labute approximate surface area is 153 Å². The summed E-state index contributed by atoms with van der Waals surface area (Å²) in [7, 11) is 1.57. The van der Waals surface area contributed by atoms with Crippen molar-refractivity contribution < 1.29 is 9.94 Å². The number of hydrogen-bond donors (Lipinski definition) is 2. The number of aromatic nitrogens is 4. The Bertz CT molecular complexity index is 1190. The van der Waals surface area contributed by atoms with Gasteiger partial charge in [-0.1, -0.05) is 12.1 Å². The number of pyridine rings is 2. The lowest BCUT2D eigenvalue weighted by molar-refractivity contribution is 0.182. The summed E-state index contributed by atoms with van der Waals surface area (Å²) < 4.78 is 5.60. The lowest BCUT2D eigenvalue weighted by Gasteiger charge is -2.11. The van der Waals surface area contributed by atoms with E-state index >= 15 is 0 Å². The van der Waals surface area contributed by atoms with Crippen molar-refractivity contribution in [1.29, 1.82) is 0 Å². The minimum atomic E-state index is -0.807. The predicted octanol–water partition coefficient (Wildman–Crippen LogP) is 2.84. The molecule has 0 fully saturated rings. The maximum atomic E-state index is 11.9. The lowest BCUT2D eigenvalue weighted by atomic mass is 10.1. The number of nitrogens with zero attached hydrogens (tertiary/aromatic N) is 4. The average Bonchev–Trinajstić information content (AvgIpc) is 2.72. The van der Waals surface area contributed by atoms with E-state index in [1.54, 1.807) is 25.4 Å². The second-order valence-electron chi connectivity index (χ2n) is 5.72. The molecular weight excluding hydrogens is 346 g/mol. The quantitative estimate of drug-likeness (QED) is 0.539. The summed E-state index contributed by atoms with van der Waals surface area (Å²) in [5.74, 6) is 0.842. The third-order valence-corrected chi connectivity index (χ3v) is 4.03. The van der Waals surface area contributed by atoms with Crippen LogP contribution in [0.2, 0.25) is 0 Å². The molecule has 8 heteroatoms. The number of ether oxygens (including phenoxy) is 1. The van der Waals surface area contributed by atoms with Gasteiger partial charge in [0.2, 0.25) is 5.88 Å². The maximum absolute atomic E-state index is 11.9. The fourth-order valence-electron chi connectivity index (χ4n) is 2.75. The van der Waals surface area contributed by atoms with Crippen molar-refractivity contribution in [3.63, 3.8) is 0 Å². The van der Waals surface area contributed by atoms with Crippen LogP contribution in [0, 0.1) is 0 Å². The molecule has 27 heavy (non-hydrogen) atoms. The van der Waals surface area contributed by atoms with Crippen molar-refractivity contribution in [3.05, 3.63) is 71.4 Å². The monoisotopic (exact) mass is 361 g/mol. The number of fused-ring (bicyclic) bond motifs is 1. The molecule has 134 valence electrons. The molecule has 0 aliphatic heterocycles. The minimum Gasteiger partial charge on any atom is -0.481 e. The Hall–Kier alpha value is -3.94. The zero-order valence-electron chi connectivity index (χ0n) is 14.3. The van der Waals surface area contributed by atoms with Crippen LogP contribution in [-0.2, 0) is 0 Å². The van der Waals surface area contributed by atoms with Crippen molar-refractivity contribution in [2.75, 3.05) is 12.4 Å². The van der Waals surface area contributed by atoms with Gasteiger partial charge in [-0.25, -0.2) is 14.8 Å². The molecule has 3 aromatic heterocycles. The SMILES string of the molecule is COc1cc(-c2cccc(Nc3nc(=O)n(O)c4ncccc34)c2)ccn1. The first-order chi connectivity index (χ1) is 13.2. The van der Waals surface area contributed by atoms with Gasteiger partial charge in [-0.15, -0.1) is 4.73 Å². The van der Waals surface area contributed by atoms with Gasteiger partial charge in [0.25, 0.3) is 0 Å². The van der Waals surface area contributed by atoms with Crippen molar-refractivity contribution >= 4 is 22.5 Å². The molecule has 4 aromatic rings. The number of nitrogens with one attached hydrogen (secondary N) is 1. The summed E-state index contributed by atoms with van der Waals surface area (Å²) in [6, 6.07) is 14.8. The summed E-state index contributed by atoms with van der Waals surface area (Å²) in [5, 5.41) is 13.5. The Kier molecular flexibility index (Phi) is 4.13. The Morgan fingerprint density at radius 3 is 2.74 bits per heavy atom. The molecule has 0 aliphatic rings. The highest BCUT2D eigenvalue weighted by Gasteiger charge is 2.11. The summed E-state index contributed by atoms with van der Waals surface area (Å²) in [6.07, 6.45) is 3.17. The molecule has 0 amide bonds. The molecule has 0 saturated carbocycles. The fourth-order valence-corrected chi connectivity index (χ4v) is 2.75. The Morgan fingerprint density at radius 2 is 1.89 bits per heavy atom. The van der Waals surface area contributed by atoms with Crippen LogP contribution in [0.25, 0.3) is 22.2 Å². The second kappa shape index (κ2) is 6.75. The molecule has 0 saturated heterocycles. The van der Waals surface area contributed by atoms with Gasteiger partial charge in [0.15, 0.2) is 5.65 Å². The van der Waals surface area contributed by atoms with Crippen LogP contribution in [0.5, 0.6) is 5.88 Å². The molecule has 0 aliphatic carbocycles. The van der Waals surface area contributed by atoms with E-state index in [4.69, 9.17) is 4.74 Å². The minimum absolute atomic E-state index is 0.134. The van der Waals surface area contributed by atoms with Crippen molar-refractivity contribution in [3.8, 4) is 17.0 Å². The lowest BCUT2D eigenvalue weighted by Crippen LogP contribution is -2.23. The summed E-state index contributed by atoms with van der Waals surface area (Å²) in [5.41, 5.74) is 1.94. The predicted molar refractivity (Wildman–Crippen MR) is 100 cm³/mol. The highest BCUT2D eigenvalue weighted by atomic mass is 16.5. The first kappa shape index (κ1) is 16.5. The van der Waals surface area contributed by atoms with E-state index in [-0.39, 0.29) is 5.65 Å². The molecule has 3 heterocycles. The first-order valence-corrected chi connectivity index (χ1v) is 8.10. The van der Waals surface area contributed by atoms with Gasteiger partial charge in [-0.3, -0.25) is 0 Å². The first-order valence-electron chi connectivity index (χ1n) is 8.10. The van der Waals surface area contributed by atoms with E-state index in [0.717, 1.165) is 16.8 Å². The topological polar surface area (TPSA) is 102 Å². The van der Waals surface area contributed by atoms with Gasteiger partial charge >= 0.3 is 5.69 Å². The van der Waals surface area contributed by atoms with Gasteiger partial charge in [0.1, 0.15) is 5.82 Å². The van der Waals surface area contributed by atoms with E-state index in [0.29, 0.717) is 21.8 Å². The standard InChI is InChI=1S/C19H15N5O3/c1-27-16-11-13(7-9-20-16)12-4-2-5-14(10-12)22-17-15-6-3-8-21-18(15)24(26)19(25)23-17/h2-11,26H,1H3,(H,22,23,25). The Morgan fingerprint density at radius 1 is 1.04 bits per heavy atom. The van der Waals surface area contributed by atoms with Crippen LogP contribution >= 0.6 is 0 Å². The van der Waals surface area contributed by atoms with Gasteiger partial charge in [-0.05, 0) is 41.5 Å². The smallest absolute Gasteiger partial charge is 0.384 e. The van der Waals surface area contributed by atoms with Crippen molar-refractivity contribution in [1.82, 2.24) is 19.7 Å². The number of methoxy groups -OCH3 is 1. The van der Waals surface area contributed by atoms with Crippen molar-refractivity contribution in [2.45, 2.75) is 0 Å². The average molecular weight is 361 g/mol. The van der Waals surface area contributed by atoms with Gasteiger partial charge < -0.3 is 15.3 Å². The number of rotatable bonds is 4. The zero-order chi connectivity index (χ0) is 18.8. The molecule has 1 aromatic carbocycles. The molecule has 0 atom stereocenters. The van der Waals surface area contributed by atoms with Crippen LogP contribution in [0.3, 0.4) is 0 Å². The molecule has 2 N–H and O–H groups in total. The number of anilines is 2. The third-order valence-electron chi connectivity index (χ3n) is 4.03. The van der Waals surface area contributed by atoms with E-state index < -0.39 is 5.69 Å². The highest BCUT2D eigenvalue weighted by Crippen LogP contribution is 2.27. The molecule has 0 unspecified atom stereocenters. The summed E-state index contributed by atoms with van der Waals surface area (Å²) >= 11 is 0. The molecule has 0 radical (unpaired) electrons. The largest absolute Gasteiger partial charge is 0.481 e. The third kappa shape index (κ3) is 3.15. The van der Waals surface area contributed by atoms with Crippen LogP contribution in [-0.4, -0.2) is 32.0 Å². The zero-order valence-corrected chi connectivity index (χ0v) is 14.3. The molecule has 4 rings (SSSR count). The molecule has 0 bridgehead atoms. The molecule has 0 spiro atoms. The molecular formula is C19H15N5O3. The number of hydrogen-bond acceptors (Lipinski definition) is 7. The van der Waals surface area contributed by atoms with E-state index in [9.17, 15) is 10.0 Å². The van der Waals surface area contributed by atoms with E-state index in [1.807, 2.05) is 36.4 Å². The van der Waals surface area contributed by atoms with Crippen LogP contribution in [0.15, 0.2) is 65.7 Å². The normalized spacial score (nSPS) is 10.7. The number of benzene rings is 1. The van der Waals surface area contributed by atoms with Crippen molar-refractivity contribution in [2.24, 2.45) is 0 Å². The van der Waals surface area contributed by atoms with E-state index in [2.05, 4.69) is 20.3 Å². The van der Waals surface area contributed by atoms with Crippen LogP contribution in [0.4, 0.5) is 11.5 Å². The maximum Gasteiger partial charge on any atom is 0.384 e. The van der Waals surface area contributed by atoms with Crippen LogP contribution in [0.1, 0.15) is 0 Å². The van der Waals surface area contributed by atoms with Gasteiger partial charge in [-0.2, -0.15) is 4.98 Å². The summed E-state index contributed by atoms with van der Waals surface area (Å²) in [6.45, 7) is 0. The summed E-state index contributed by atoms with van der Waals surface area (Å²) in [4.78, 5) is 24.0. The Balaban J connectivity index is 1.75. The fraction of sp³-hybridized carbons (Fsp3) is 0.0526.